The monoisotopic (exact) mass is 224 g/mol. The number of rotatable bonds is 4. The van der Waals surface area contributed by atoms with E-state index < -0.39 is 0 Å². The highest BCUT2D eigenvalue weighted by molar-refractivity contribution is 4.84. The van der Waals surface area contributed by atoms with Gasteiger partial charge in [0.25, 0.3) is 0 Å². The van der Waals surface area contributed by atoms with Crippen LogP contribution in [0.5, 0.6) is 0 Å². The van der Waals surface area contributed by atoms with Crippen molar-refractivity contribution in [3.8, 4) is 0 Å². The van der Waals surface area contributed by atoms with Crippen molar-refractivity contribution in [2.45, 2.75) is 52.0 Å². The minimum absolute atomic E-state index is 0.879. The van der Waals surface area contributed by atoms with E-state index in [0.29, 0.717) is 0 Å². The molecule has 0 bridgehead atoms. The highest BCUT2D eigenvalue weighted by atomic mass is 15.2. The summed E-state index contributed by atoms with van der Waals surface area (Å²) in [5.74, 6) is 1.78. The molecule has 0 aliphatic carbocycles. The maximum atomic E-state index is 3.53. The molecular weight excluding hydrogens is 196 g/mol. The molecule has 2 aliphatic heterocycles. The van der Waals surface area contributed by atoms with E-state index in [2.05, 4.69) is 24.1 Å². The van der Waals surface area contributed by atoms with Gasteiger partial charge in [0.05, 0.1) is 0 Å². The minimum atomic E-state index is 0.879. The summed E-state index contributed by atoms with van der Waals surface area (Å²) in [5.41, 5.74) is 0. The molecule has 1 N–H and O–H groups in total. The highest BCUT2D eigenvalue weighted by Crippen LogP contribution is 2.25. The second-order valence-electron chi connectivity index (χ2n) is 5.83. The van der Waals surface area contributed by atoms with Gasteiger partial charge < -0.3 is 10.2 Å². The predicted octanol–water partition coefficient (Wildman–Crippen LogP) is 2.50. The Bertz CT molecular complexity index is 203. The van der Waals surface area contributed by atoms with Crippen molar-refractivity contribution >= 4 is 0 Å². The maximum absolute atomic E-state index is 3.53. The molecule has 2 heteroatoms. The van der Waals surface area contributed by atoms with E-state index in [9.17, 15) is 0 Å². The molecule has 2 saturated heterocycles. The van der Waals surface area contributed by atoms with Gasteiger partial charge in [-0.15, -0.1) is 0 Å². The van der Waals surface area contributed by atoms with E-state index >= 15 is 0 Å². The van der Waals surface area contributed by atoms with Crippen LogP contribution in [-0.2, 0) is 0 Å². The molecule has 0 saturated carbocycles. The highest BCUT2D eigenvalue weighted by Gasteiger charge is 2.29. The molecule has 0 radical (unpaired) electrons. The average molecular weight is 224 g/mol. The van der Waals surface area contributed by atoms with Gasteiger partial charge in [0, 0.05) is 12.6 Å². The van der Waals surface area contributed by atoms with Gasteiger partial charge in [0.1, 0.15) is 0 Å². The zero-order chi connectivity index (χ0) is 11.4. The number of nitrogens with zero attached hydrogens (tertiary/aromatic N) is 1. The van der Waals surface area contributed by atoms with Crippen LogP contribution in [0.25, 0.3) is 0 Å². The van der Waals surface area contributed by atoms with Crippen molar-refractivity contribution < 1.29 is 0 Å². The van der Waals surface area contributed by atoms with Gasteiger partial charge >= 0.3 is 0 Å². The van der Waals surface area contributed by atoms with Gasteiger partial charge in [-0.1, -0.05) is 26.7 Å². The fraction of sp³-hybridized carbons (Fsp3) is 1.00. The molecule has 0 aromatic carbocycles. The van der Waals surface area contributed by atoms with E-state index in [1.54, 1.807) is 0 Å². The fourth-order valence-corrected chi connectivity index (χ4v) is 3.37. The van der Waals surface area contributed by atoms with Crippen molar-refractivity contribution in [1.29, 1.82) is 0 Å². The first kappa shape index (κ1) is 12.4. The fourth-order valence-electron chi connectivity index (χ4n) is 3.37. The molecule has 2 rings (SSSR count). The quantitative estimate of drug-likeness (QED) is 0.789. The summed E-state index contributed by atoms with van der Waals surface area (Å²) in [7, 11) is 0. The number of piperidine rings is 1. The molecule has 16 heavy (non-hydrogen) atoms. The lowest BCUT2D eigenvalue weighted by Crippen LogP contribution is -2.43. The number of likely N-dealkylation sites (tertiary alicyclic amines) is 1. The summed E-state index contributed by atoms with van der Waals surface area (Å²) >= 11 is 0. The van der Waals surface area contributed by atoms with Crippen LogP contribution in [0.2, 0.25) is 0 Å². The third kappa shape index (κ3) is 2.98. The first-order chi connectivity index (χ1) is 7.81. The maximum Gasteiger partial charge on any atom is 0.00952 e. The lowest BCUT2D eigenvalue weighted by molar-refractivity contribution is 0.113. The Balaban J connectivity index is 1.85. The molecule has 2 aliphatic rings. The van der Waals surface area contributed by atoms with E-state index in [1.165, 1.54) is 58.3 Å². The average Bonchev–Trinajstić information content (AvgIpc) is 2.68. The van der Waals surface area contributed by atoms with Crippen LogP contribution in [0.3, 0.4) is 0 Å². The Morgan fingerprint density at radius 2 is 2.12 bits per heavy atom. The Morgan fingerprint density at radius 1 is 1.25 bits per heavy atom. The summed E-state index contributed by atoms with van der Waals surface area (Å²) in [6.07, 6.45) is 7.09. The molecule has 3 unspecified atom stereocenters. The zero-order valence-electron chi connectivity index (χ0n) is 11.0. The van der Waals surface area contributed by atoms with Gasteiger partial charge in [-0.25, -0.2) is 0 Å². The SMILES string of the molecule is CCCC1CCCCN1CC1CNCC1C. The van der Waals surface area contributed by atoms with Gasteiger partial charge in [-0.2, -0.15) is 0 Å². The molecule has 0 aromatic heterocycles. The van der Waals surface area contributed by atoms with Gasteiger partial charge in [-0.05, 0) is 50.7 Å². The van der Waals surface area contributed by atoms with E-state index in [-0.39, 0.29) is 0 Å². The van der Waals surface area contributed by atoms with Crippen molar-refractivity contribution in [2.24, 2.45) is 11.8 Å². The molecular formula is C14H28N2. The summed E-state index contributed by atoms with van der Waals surface area (Å²) in [6.45, 7) is 9.91. The number of hydrogen-bond acceptors (Lipinski definition) is 2. The lowest BCUT2D eigenvalue weighted by atomic mass is 9.93. The second kappa shape index (κ2) is 6.02. The van der Waals surface area contributed by atoms with Crippen LogP contribution < -0.4 is 5.32 Å². The standard InChI is InChI=1S/C14H28N2/c1-3-6-14-7-4-5-8-16(14)11-13-10-15-9-12(13)2/h12-15H,3-11H2,1-2H3. The van der Waals surface area contributed by atoms with Gasteiger partial charge in [-0.3, -0.25) is 0 Å². The second-order valence-corrected chi connectivity index (χ2v) is 5.83. The third-order valence-corrected chi connectivity index (χ3v) is 4.52. The Labute approximate surface area is 101 Å². The van der Waals surface area contributed by atoms with Crippen molar-refractivity contribution in [3.05, 3.63) is 0 Å². The summed E-state index contributed by atoms with van der Waals surface area (Å²) in [5, 5.41) is 3.53. The summed E-state index contributed by atoms with van der Waals surface area (Å²) in [6, 6.07) is 0.895. The third-order valence-electron chi connectivity index (χ3n) is 4.52. The largest absolute Gasteiger partial charge is 0.316 e. The number of nitrogens with one attached hydrogen (secondary N) is 1. The van der Waals surface area contributed by atoms with E-state index in [0.717, 1.165) is 17.9 Å². The first-order valence-electron chi connectivity index (χ1n) is 7.26. The van der Waals surface area contributed by atoms with Crippen molar-refractivity contribution in [1.82, 2.24) is 10.2 Å². The normalized spacial score (nSPS) is 36.8. The molecule has 0 aromatic rings. The Hall–Kier alpha value is -0.0800. The van der Waals surface area contributed by atoms with Crippen molar-refractivity contribution in [3.63, 3.8) is 0 Å². The van der Waals surface area contributed by atoms with Gasteiger partial charge in [0.15, 0.2) is 0 Å². The smallest absolute Gasteiger partial charge is 0.00952 e. The summed E-state index contributed by atoms with van der Waals surface area (Å²) < 4.78 is 0. The van der Waals surface area contributed by atoms with Crippen LogP contribution in [0.1, 0.15) is 46.0 Å². The molecule has 2 nitrogen and oxygen atoms in total. The topological polar surface area (TPSA) is 15.3 Å². The van der Waals surface area contributed by atoms with Crippen LogP contribution in [0.4, 0.5) is 0 Å². The van der Waals surface area contributed by atoms with Crippen LogP contribution in [0.15, 0.2) is 0 Å². The van der Waals surface area contributed by atoms with Crippen LogP contribution in [0, 0.1) is 11.8 Å². The van der Waals surface area contributed by atoms with E-state index in [4.69, 9.17) is 0 Å². The molecule has 0 amide bonds. The van der Waals surface area contributed by atoms with Crippen molar-refractivity contribution in [2.75, 3.05) is 26.2 Å². The minimum Gasteiger partial charge on any atom is -0.316 e. The van der Waals surface area contributed by atoms with Gasteiger partial charge in [0.2, 0.25) is 0 Å². The lowest BCUT2D eigenvalue weighted by Gasteiger charge is -2.38. The molecule has 0 spiro atoms. The molecule has 3 atom stereocenters. The van der Waals surface area contributed by atoms with E-state index in [1.807, 2.05) is 0 Å². The Kier molecular flexibility index (Phi) is 4.66. The first-order valence-corrected chi connectivity index (χ1v) is 7.26. The molecule has 94 valence electrons. The zero-order valence-corrected chi connectivity index (χ0v) is 11.0. The summed E-state index contributed by atoms with van der Waals surface area (Å²) in [4.78, 5) is 2.79. The molecule has 2 fully saturated rings. The Morgan fingerprint density at radius 3 is 2.81 bits per heavy atom. The number of hydrogen-bond donors (Lipinski definition) is 1. The molecule has 2 heterocycles. The predicted molar refractivity (Wildman–Crippen MR) is 69.6 cm³/mol. The van der Waals surface area contributed by atoms with Crippen LogP contribution in [-0.4, -0.2) is 37.1 Å². The van der Waals surface area contributed by atoms with Crippen LogP contribution >= 0.6 is 0 Å².